The van der Waals surface area contributed by atoms with Crippen LogP contribution in [0.5, 0.6) is 0 Å². The van der Waals surface area contributed by atoms with E-state index < -0.39 is 11.5 Å². The highest BCUT2D eigenvalue weighted by atomic mass is 16.4. The Balaban J connectivity index is 2.76. The van der Waals surface area contributed by atoms with E-state index in [-0.39, 0.29) is 5.91 Å². The largest absolute Gasteiger partial charge is 0.479 e. The van der Waals surface area contributed by atoms with Crippen LogP contribution >= 0.6 is 0 Å². The average Bonchev–Trinajstić information content (AvgIpc) is 2.35. The normalized spacial score (nSPS) is 18.7. The van der Waals surface area contributed by atoms with Crippen molar-refractivity contribution in [2.75, 3.05) is 7.05 Å². The van der Waals surface area contributed by atoms with Crippen molar-refractivity contribution in [3.8, 4) is 0 Å². The summed E-state index contributed by atoms with van der Waals surface area (Å²) in [7, 11) is 1.65. The van der Waals surface area contributed by atoms with Crippen molar-refractivity contribution < 1.29 is 14.7 Å². The van der Waals surface area contributed by atoms with E-state index in [2.05, 4.69) is 0 Å². The van der Waals surface area contributed by atoms with Gasteiger partial charge >= 0.3 is 5.97 Å². The molecular weight excluding hydrogens is 218 g/mol. The van der Waals surface area contributed by atoms with Gasteiger partial charge in [-0.15, -0.1) is 0 Å². The topological polar surface area (TPSA) is 57.6 Å². The van der Waals surface area contributed by atoms with Crippen molar-refractivity contribution in [3.05, 3.63) is 0 Å². The Morgan fingerprint density at radius 2 is 1.82 bits per heavy atom. The first-order valence-corrected chi connectivity index (χ1v) is 6.54. The molecular formula is C13H23NO3. The van der Waals surface area contributed by atoms with Crippen LogP contribution in [0.2, 0.25) is 0 Å². The van der Waals surface area contributed by atoms with Gasteiger partial charge in [-0.2, -0.15) is 0 Å². The molecule has 4 heteroatoms. The van der Waals surface area contributed by atoms with E-state index >= 15 is 0 Å². The Hall–Kier alpha value is -1.06. The molecule has 0 heterocycles. The van der Waals surface area contributed by atoms with Gasteiger partial charge in [0.1, 0.15) is 5.54 Å². The molecule has 1 N–H and O–H groups in total. The van der Waals surface area contributed by atoms with Gasteiger partial charge in [0.2, 0.25) is 5.91 Å². The van der Waals surface area contributed by atoms with Gasteiger partial charge in [0.15, 0.2) is 0 Å². The fraction of sp³-hybridized carbons (Fsp3) is 0.846. The number of carboxylic acids is 1. The van der Waals surface area contributed by atoms with Crippen LogP contribution in [0, 0.1) is 0 Å². The molecule has 0 radical (unpaired) electrons. The van der Waals surface area contributed by atoms with Crippen molar-refractivity contribution in [1.82, 2.24) is 4.90 Å². The Morgan fingerprint density at radius 1 is 1.24 bits per heavy atom. The molecule has 1 aliphatic carbocycles. The van der Waals surface area contributed by atoms with Crippen LogP contribution < -0.4 is 0 Å². The first-order valence-electron chi connectivity index (χ1n) is 6.54. The maximum Gasteiger partial charge on any atom is 0.329 e. The van der Waals surface area contributed by atoms with Crippen LogP contribution in [0.4, 0.5) is 0 Å². The molecule has 0 spiro atoms. The predicted octanol–water partition coefficient (Wildman–Crippen LogP) is 2.42. The lowest BCUT2D eigenvalue weighted by Crippen LogP contribution is -2.56. The minimum atomic E-state index is -0.941. The summed E-state index contributed by atoms with van der Waals surface area (Å²) in [5.41, 5.74) is -0.941. The molecule has 0 bridgehead atoms. The number of unbranched alkanes of at least 4 members (excludes halogenated alkanes) is 1. The van der Waals surface area contributed by atoms with Crippen LogP contribution in [0.15, 0.2) is 0 Å². The SMILES string of the molecule is CCCCC(=O)N(C)C1(C(=O)O)CCCCC1. The number of carbonyl (C=O) groups excluding carboxylic acids is 1. The fourth-order valence-corrected chi connectivity index (χ4v) is 2.56. The Kier molecular flexibility index (Phi) is 4.97. The summed E-state index contributed by atoms with van der Waals surface area (Å²) in [5, 5.41) is 9.44. The summed E-state index contributed by atoms with van der Waals surface area (Å²) in [6.07, 6.45) is 6.31. The number of carboxylic acid groups (broad SMARTS) is 1. The molecule has 98 valence electrons. The van der Waals surface area contributed by atoms with E-state index in [0.29, 0.717) is 19.3 Å². The van der Waals surface area contributed by atoms with E-state index in [1.165, 1.54) is 4.90 Å². The van der Waals surface area contributed by atoms with Crippen molar-refractivity contribution in [2.24, 2.45) is 0 Å². The van der Waals surface area contributed by atoms with Crippen molar-refractivity contribution in [3.63, 3.8) is 0 Å². The zero-order chi connectivity index (χ0) is 12.9. The summed E-state index contributed by atoms with van der Waals surface area (Å²) >= 11 is 0. The van der Waals surface area contributed by atoms with Crippen LogP contribution in [-0.4, -0.2) is 34.5 Å². The number of carbonyl (C=O) groups is 2. The molecule has 1 saturated carbocycles. The number of amides is 1. The van der Waals surface area contributed by atoms with Gasteiger partial charge in [-0.3, -0.25) is 4.79 Å². The third-order valence-corrected chi connectivity index (χ3v) is 3.84. The van der Waals surface area contributed by atoms with Gasteiger partial charge < -0.3 is 10.0 Å². The molecule has 0 aromatic carbocycles. The van der Waals surface area contributed by atoms with E-state index in [9.17, 15) is 14.7 Å². The Morgan fingerprint density at radius 3 is 2.29 bits per heavy atom. The fourth-order valence-electron chi connectivity index (χ4n) is 2.56. The van der Waals surface area contributed by atoms with E-state index in [1.807, 2.05) is 6.92 Å². The quantitative estimate of drug-likeness (QED) is 0.804. The highest BCUT2D eigenvalue weighted by molar-refractivity contribution is 5.87. The second-order valence-corrected chi connectivity index (χ2v) is 4.95. The Labute approximate surface area is 103 Å². The van der Waals surface area contributed by atoms with E-state index in [1.54, 1.807) is 7.05 Å². The molecule has 0 aromatic heterocycles. The van der Waals surface area contributed by atoms with Crippen molar-refractivity contribution >= 4 is 11.9 Å². The van der Waals surface area contributed by atoms with Gasteiger partial charge in [0, 0.05) is 13.5 Å². The van der Waals surface area contributed by atoms with Crippen LogP contribution in [0.1, 0.15) is 58.3 Å². The molecule has 17 heavy (non-hydrogen) atoms. The molecule has 1 amide bonds. The molecule has 0 atom stereocenters. The van der Waals surface area contributed by atoms with Crippen LogP contribution in [0.25, 0.3) is 0 Å². The summed E-state index contributed by atoms with van der Waals surface area (Å²) in [4.78, 5) is 25.0. The molecule has 0 aliphatic heterocycles. The van der Waals surface area contributed by atoms with Gasteiger partial charge in [-0.1, -0.05) is 32.6 Å². The summed E-state index contributed by atoms with van der Waals surface area (Å²) in [5.74, 6) is -0.874. The first-order chi connectivity index (χ1) is 8.04. The molecule has 0 saturated heterocycles. The molecule has 0 unspecified atom stereocenters. The highest BCUT2D eigenvalue weighted by Crippen LogP contribution is 2.33. The monoisotopic (exact) mass is 241 g/mol. The first kappa shape index (κ1) is 14.0. The number of nitrogens with zero attached hydrogens (tertiary/aromatic N) is 1. The molecule has 0 aromatic rings. The van der Waals surface area contributed by atoms with Gasteiger partial charge in [-0.05, 0) is 19.3 Å². The minimum absolute atomic E-state index is 0.0313. The van der Waals surface area contributed by atoms with Crippen molar-refractivity contribution in [2.45, 2.75) is 63.8 Å². The molecule has 1 rings (SSSR count). The lowest BCUT2D eigenvalue weighted by Gasteiger charge is -2.41. The van der Waals surface area contributed by atoms with Gasteiger partial charge in [-0.25, -0.2) is 4.79 Å². The molecule has 1 fully saturated rings. The van der Waals surface area contributed by atoms with E-state index in [4.69, 9.17) is 0 Å². The third kappa shape index (κ3) is 2.99. The number of likely N-dealkylation sites (N-methyl/N-ethyl adjacent to an activating group) is 1. The van der Waals surface area contributed by atoms with E-state index in [0.717, 1.165) is 32.1 Å². The van der Waals surface area contributed by atoms with Crippen LogP contribution in [-0.2, 0) is 9.59 Å². The zero-order valence-corrected chi connectivity index (χ0v) is 10.9. The van der Waals surface area contributed by atoms with Crippen LogP contribution in [0.3, 0.4) is 0 Å². The second kappa shape index (κ2) is 6.03. The lowest BCUT2D eigenvalue weighted by molar-refractivity contribution is -0.160. The predicted molar refractivity (Wildman–Crippen MR) is 65.7 cm³/mol. The minimum Gasteiger partial charge on any atom is -0.479 e. The summed E-state index contributed by atoms with van der Waals surface area (Å²) in [6, 6.07) is 0. The zero-order valence-electron chi connectivity index (χ0n) is 10.9. The average molecular weight is 241 g/mol. The molecule has 1 aliphatic rings. The Bertz CT molecular complexity index is 282. The lowest BCUT2D eigenvalue weighted by atomic mass is 9.80. The number of rotatable bonds is 5. The number of aliphatic carboxylic acids is 1. The maximum atomic E-state index is 12.0. The summed E-state index contributed by atoms with van der Waals surface area (Å²) in [6.45, 7) is 2.03. The molecule has 4 nitrogen and oxygen atoms in total. The smallest absolute Gasteiger partial charge is 0.329 e. The third-order valence-electron chi connectivity index (χ3n) is 3.84. The second-order valence-electron chi connectivity index (χ2n) is 4.95. The van der Waals surface area contributed by atoms with Crippen molar-refractivity contribution in [1.29, 1.82) is 0 Å². The maximum absolute atomic E-state index is 12.0. The summed E-state index contributed by atoms with van der Waals surface area (Å²) < 4.78 is 0. The van der Waals surface area contributed by atoms with Gasteiger partial charge in [0.05, 0.1) is 0 Å². The number of hydrogen-bond donors (Lipinski definition) is 1. The standard InChI is InChI=1S/C13H23NO3/c1-3-4-8-11(15)14(2)13(12(16)17)9-6-5-7-10-13/h3-10H2,1-2H3,(H,16,17). The number of hydrogen-bond acceptors (Lipinski definition) is 2. The van der Waals surface area contributed by atoms with Gasteiger partial charge in [0.25, 0.3) is 0 Å². The highest BCUT2D eigenvalue weighted by Gasteiger charge is 2.45.